The van der Waals surface area contributed by atoms with Crippen molar-refractivity contribution < 1.29 is 14.3 Å². The lowest BCUT2D eigenvalue weighted by molar-refractivity contribution is 0.0995. The minimum atomic E-state index is -0.636. The fourth-order valence-electron chi connectivity index (χ4n) is 1.61. The van der Waals surface area contributed by atoms with Crippen molar-refractivity contribution in [1.29, 1.82) is 0 Å². The highest BCUT2D eigenvalue weighted by atomic mass is 16.5. The lowest BCUT2D eigenvalue weighted by Gasteiger charge is -2.09. The first kappa shape index (κ1) is 14.6. The van der Waals surface area contributed by atoms with Gasteiger partial charge in [0.1, 0.15) is 17.2 Å². The molecule has 0 radical (unpaired) electrons. The molecule has 4 N–H and O–H groups in total. The number of carbonyl (C=O) groups is 1. The van der Waals surface area contributed by atoms with E-state index in [1.54, 1.807) is 24.3 Å². The van der Waals surface area contributed by atoms with Crippen molar-refractivity contribution in [3.63, 3.8) is 0 Å². The van der Waals surface area contributed by atoms with Crippen molar-refractivity contribution in [1.82, 2.24) is 4.98 Å². The number of anilines is 1. The van der Waals surface area contributed by atoms with Crippen molar-refractivity contribution in [2.45, 2.75) is 13.3 Å². The Morgan fingerprint density at radius 1 is 1.14 bits per heavy atom. The van der Waals surface area contributed by atoms with Crippen LogP contribution in [0.2, 0.25) is 0 Å². The standard InChI is InChI=1S/C15H17N3O3/c1-2-9-20-10-3-5-11(6-4-10)21-15-12(16)7-8-13(18-15)14(17)19/h3-8H,2,9,16H2,1H3,(H2,17,19). The van der Waals surface area contributed by atoms with Crippen LogP contribution in [0.4, 0.5) is 5.69 Å². The van der Waals surface area contributed by atoms with Gasteiger partial charge < -0.3 is 20.9 Å². The topological polar surface area (TPSA) is 100 Å². The molecular formula is C15H17N3O3. The highest BCUT2D eigenvalue weighted by molar-refractivity contribution is 5.91. The van der Waals surface area contributed by atoms with Crippen LogP contribution in [0.1, 0.15) is 23.8 Å². The van der Waals surface area contributed by atoms with Crippen molar-refractivity contribution >= 4 is 11.6 Å². The van der Waals surface area contributed by atoms with Crippen molar-refractivity contribution in [2.24, 2.45) is 5.73 Å². The average molecular weight is 287 g/mol. The summed E-state index contributed by atoms with van der Waals surface area (Å²) in [5.41, 5.74) is 11.4. The van der Waals surface area contributed by atoms with Crippen LogP contribution in [-0.4, -0.2) is 17.5 Å². The maximum atomic E-state index is 11.1. The van der Waals surface area contributed by atoms with Crippen molar-refractivity contribution in [2.75, 3.05) is 12.3 Å². The highest BCUT2D eigenvalue weighted by Gasteiger charge is 2.09. The van der Waals surface area contributed by atoms with E-state index in [1.807, 2.05) is 6.92 Å². The van der Waals surface area contributed by atoms with Crippen molar-refractivity contribution in [3.8, 4) is 17.4 Å². The highest BCUT2D eigenvalue weighted by Crippen LogP contribution is 2.27. The molecule has 0 aliphatic heterocycles. The van der Waals surface area contributed by atoms with Crippen molar-refractivity contribution in [3.05, 3.63) is 42.1 Å². The summed E-state index contributed by atoms with van der Waals surface area (Å²) in [4.78, 5) is 15.1. The zero-order valence-electron chi connectivity index (χ0n) is 11.7. The number of hydrogen-bond acceptors (Lipinski definition) is 5. The Morgan fingerprint density at radius 2 is 1.81 bits per heavy atom. The molecule has 21 heavy (non-hydrogen) atoms. The number of ether oxygens (including phenoxy) is 2. The second kappa shape index (κ2) is 6.60. The molecule has 1 amide bonds. The Hall–Kier alpha value is -2.76. The van der Waals surface area contributed by atoms with Crippen LogP contribution in [0.15, 0.2) is 36.4 Å². The van der Waals surface area contributed by atoms with Crippen LogP contribution >= 0.6 is 0 Å². The molecule has 0 saturated carbocycles. The number of benzene rings is 1. The summed E-state index contributed by atoms with van der Waals surface area (Å²) >= 11 is 0. The zero-order chi connectivity index (χ0) is 15.2. The molecule has 110 valence electrons. The lowest BCUT2D eigenvalue weighted by Crippen LogP contribution is -2.13. The number of nitrogens with zero attached hydrogens (tertiary/aromatic N) is 1. The smallest absolute Gasteiger partial charge is 0.267 e. The van der Waals surface area contributed by atoms with Gasteiger partial charge in [-0.05, 0) is 42.8 Å². The van der Waals surface area contributed by atoms with Gasteiger partial charge in [-0.3, -0.25) is 4.79 Å². The van der Waals surface area contributed by atoms with Gasteiger partial charge in [-0.25, -0.2) is 4.98 Å². The Balaban J connectivity index is 2.14. The summed E-state index contributed by atoms with van der Waals surface area (Å²) < 4.78 is 11.0. The molecule has 6 nitrogen and oxygen atoms in total. The summed E-state index contributed by atoms with van der Waals surface area (Å²) in [5, 5.41) is 0. The second-order valence-corrected chi connectivity index (χ2v) is 4.38. The molecule has 0 saturated heterocycles. The molecule has 0 atom stereocenters. The van der Waals surface area contributed by atoms with Crippen LogP contribution < -0.4 is 20.9 Å². The molecule has 0 bridgehead atoms. The predicted molar refractivity (Wildman–Crippen MR) is 79.5 cm³/mol. The first-order valence-electron chi connectivity index (χ1n) is 6.57. The minimum absolute atomic E-state index is 0.0992. The van der Waals surface area contributed by atoms with E-state index in [2.05, 4.69) is 4.98 Å². The predicted octanol–water partition coefficient (Wildman–Crippen LogP) is 2.34. The second-order valence-electron chi connectivity index (χ2n) is 4.38. The monoisotopic (exact) mass is 287 g/mol. The van der Waals surface area contributed by atoms with Gasteiger partial charge in [0.25, 0.3) is 5.91 Å². The number of amides is 1. The summed E-state index contributed by atoms with van der Waals surface area (Å²) in [5.74, 6) is 0.812. The number of primary amides is 1. The van der Waals surface area contributed by atoms with E-state index in [0.29, 0.717) is 18.0 Å². The number of rotatable bonds is 6. The third kappa shape index (κ3) is 3.85. The quantitative estimate of drug-likeness (QED) is 0.849. The lowest BCUT2D eigenvalue weighted by atomic mass is 10.3. The van der Waals surface area contributed by atoms with E-state index in [4.69, 9.17) is 20.9 Å². The summed E-state index contributed by atoms with van der Waals surface area (Å²) in [6.07, 6.45) is 0.943. The van der Waals surface area contributed by atoms with Crippen LogP contribution in [0, 0.1) is 0 Å². The minimum Gasteiger partial charge on any atom is -0.494 e. The summed E-state index contributed by atoms with van der Waals surface area (Å²) in [6.45, 7) is 2.70. The number of hydrogen-bond donors (Lipinski definition) is 2. The molecule has 0 fully saturated rings. The molecule has 0 aliphatic carbocycles. The van der Waals surface area contributed by atoms with Crippen LogP contribution in [0.25, 0.3) is 0 Å². The van der Waals surface area contributed by atoms with Crippen LogP contribution in [-0.2, 0) is 0 Å². The zero-order valence-corrected chi connectivity index (χ0v) is 11.7. The van der Waals surface area contributed by atoms with E-state index in [0.717, 1.165) is 12.2 Å². The molecule has 1 aromatic carbocycles. The molecule has 1 heterocycles. The molecule has 2 rings (SSSR count). The SMILES string of the molecule is CCCOc1ccc(Oc2nc(C(N)=O)ccc2N)cc1. The van der Waals surface area contributed by atoms with Gasteiger partial charge in [0, 0.05) is 0 Å². The number of nitrogens with two attached hydrogens (primary N) is 2. The Kier molecular flexibility index (Phi) is 4.61. The summed E-state index contributed by atoms with van der Waals surface area (Å²) in [6, 6.07) is 10.0. The third-order valence-electron chi connectivity index (χ3n) is 2.65. The van der Waals surface area contributed by atoms with Gasteiger partial charge in [0.15, 0.2) is 0 Å². The molecule has 1 aromatic heterocycles. The van der Waals surface area contributed by atoms with Gasteiger partial charge in [0.05, 0.1) is 12.3 Å². The van der Waals surface area contributed by atoms with Gasteiger partial charge in [-0.15, -0.1) is 0 Å². The molecular weight excluding hydrogens is 270 g/mol. The number of aromatic nitrogens is 1. The maximum Gasteiger partial charge on any atom is 0.267 e. The molecule has 0 spiro atoms. The maximum absolute atomic E-state index is 11.1. The van der Waals surface area contributed by atoms with E-state index >= 15 is 0 Å². The van der Waals surface area contributed by atoms with E-state index < -0.39 is 5.91 Å². The fraction of sp³-hybridized carbons (Fsp3) is 0.200. The van der Waals surface area contributed by atoms with Gasteiger partial charge in [-0.2, -0.15) is 0 Å². The van der Waals surface area contributed by atoms with Crippen LogP contribution in [0.5, 0.6) is 17.4 Å². The number of nitrogen functional groups attached to an aromatic ring is 1. The molecule has 0 unspecified atom stereocenters. The molecule has 2 aromatic rings. The molecule has 6 heteroatoms. The number of pyridine rings is 1. The van der Waals surface area contributed by atoms with Gasteiger partial charge in [0.2, 0.25) is 5.88 Å². The van der Waals surface area contributed by atoms with E-state index in [9.17, 15) is 4.79 Å². The van der Waals surface area contributed by atoms with Gasteiger partial charge in [-0.1, -0.05) is 6.92 Å². The normalized spacial score (nSPS) is 10.1. The largest absolute Gasteiger partial charge is 0.494 e. The number of carbonyl (C=O) groups excluding carboxylic acids is 1. The Morgan fingerprint density at radius 3 is 2.43 bits per heavy atom. The third-order valence-corrected chi connectivity index (χ3v) is 2.65. The fourth-order valence-corrected chi connectivity index (χ4v) is 1.61. The first-order chi connectivity index (χ1) is 10.1. The van der Waals surface area contributed by atoms with E-state index in [-0.39, 0.29) is 11.6 Å². The van der Waals surface area contributed by atoms with Crippen LogP contribution in [0.3, 0.4) is 0 Å². The molecule has 0 aliphatic rings. The first-order valence-corrected chi connectivity index (χ1v) is 6.57. The summed E-state index contributed by atoms with van der Waals surface area (Å²) in [7, 11) is 0. The average Bonchev–Trinajstić information content (AvgIpc) is 2.48. The van der Waals surface area contributed by atoms with Gasteiger partial charge >= 0.3 is 0 Å². The Labute approximate surface area is 122 Å². The Bertz CT molecular complexity index is 627. The van der Waals surface area contributed by atoms with E-state index in [1.165, 1.54) is 12.1 Å².